The second kappa shape index (κ2) is 5.45. The molecule has 1 unspecified atom stereocenters. The topological polar surface area (TPSA) is 45.2 Å². The second-order valence-electron chi connectivity index (χ2n) is 4.42. The molecule has 1 atom stereocenters. The van der Waals surface area contributed by atoms with Gasteiger partial charge >= 0.3 is 0 Å². The van der Waals surface area contributed by atoms with Crippen molar-refractivity contribution in [3.8, 4) is 5.75 Å². The standard InChI is InChI=1S/C14H14ClFN2O/c1-8-5-12(14(15)17-7-8)18-9(2)11-4-3-10(16)6-13(11)19/h3-7,9,18-19H,1-2H3. The van der Waals surface area contributed by atoms with E-state index in [2.05, 4.69) is 10.3 Å². The fraction of sp³-hybridized carbons (Fsp3) is 0.214. The predicted molar refractivity (Wildman–Crippen MR) is 74.1 cm³/mol. The van der Waals surface area contributed by atoms with Gasteiger partial charge in [0.1, 0.15) is 11.6 Å². The number of hydrogen-bond donors (Lipinski definition) is 2. The average molecular weight is 281 g/mol. The van der Waals surface area contributed by atoms with Crippen LogP contribution in [0.3, 0.4) is 0 Å². The molecule has 100 valence electrons. The normalized spacial score (nSPS) is 12.2. The highest BCUT2D eigenvalue weighted by Gasteiger charge is 2.13. The SMILES string of the molecule is Cc1cnc(Cl)c(NC(C)c2ccc(F)cc2O)c1. The minimum atomic E-state index is -0.469. The van der Waals surface area contributed by atoms with E-state index in [4.69, 9.17) is 11.6 Å². The van der Waals surface area contributed by atoms with Gasteiger partial charge in [0.05, 0.1) is 11.7 Å². The molecule has 0 saturated carbocycles. The van der Waals surface area contributed by atoms with Crippen LogP contribution in [-0.4, -0.2) is 10.1 Å². The molecule has 1 heterocycles. The summed E-state index contributed by atoms with van der Waals surface area (Å²) in [5.41, 5.74) is 2.25. The molecule has 0 fully saturated rings. The van der Waals surface area contributed by atoms with E-state index < -0.39 is 5.82 Å². The summed E-state index contributed by atoms with van der Waals surface area (Å²) in [5, 5.41) is 13.2. The summed E-state index contributed by atoms with van der Waals surface area (Å²) in [7, 11) is 0. The van der Waals surface area contributed by atoms with Crippen LogP contribution < -0.4 is 5.32 Å². The number of phenols is 1. The maximum Gasteiger partial charge on any atom is 0.152 e. The van der Waals surface area contributed by atoms with E-state index in [1.807, 2.05) is 19.9 Å². The van der Waals surface area contributed by atoms with Crippen LogP contribution >= 0.6 is 11.6 Å². The van der Waals surface area contributed by atoms with E-state index in [9.17, 15) is 9.50 Å². The first-order valence-electron chi connectivity index (χ1n) is 5.84. The van der Waals surface area contributed by atoms with Crippen molar-refractivity contribution in [2.45, 2.75) is 19.9 Å². The van der Waals surface area contributed by atoms with Crippen LogP contribution in [0.5, 0.6) is 5.75 Å². The number of benzene rings is 1. The Morgan fingerprint density at radius 2 is 2.11 bits per heavy atom. The predicted octanol–water partition coefficient (Wildman–Crippen LogP) is 4.06. The maximum atomic E-state index is 12.9. The highest BCUT2D eigenvalue weighted by Crippen LogP contribution is 2.29. The summed E-state index contributed by atoms with van der Waals surface area (Å²) in [6.07, 6.45) is 1.67. The molecule has 19 heavy (non-hydrogen) atoms. The molecule has 2 rings (SSSR count). The summed E-state index contributed by atoms with van der Waals surface area (Å²) in [6, 6.07) is 5.58. The molecule has 0 aliphatic carbocycles. The molecular weight excluding hydrogens is 267 g/mol. The van der Waals surface area contributed by atoms with E-state index in [1.165, 1.54) is 6.07 Å². The molecule has 0 spiro atoms. The smallest absolute Gasteiger partial charge is 0.152 e. The second-order valence-corrected chi connectivity index (χ2v) is 4.78. The van der Waals surface area contributed by atoms with Gasteiger partial charge in [0.2, 0.25) is 0 Å². The van der Waals surface area contributed by atoms with Gasteiger partial charge < -0.3 is 10.4 Å². The Kier molecular flexibility index (Phi) is 3.90. The van der Waals surface area contributed by atoms with E-state index in [0.717, 1.165) is 11.6 Å². The zero-order valence-electron chi connectivity index (χ0n) is 10.6. The van der Waals surface area contributed by atoms with Gasteiger partial charge in [-0.3, -0.25) is 0 Å². The highest BCUT2D eigenvalue weighted by molar-refractivity contribution is 6.31. The molecule has 0 bridgehead atoms. The molecule has 3 nitrogen and oxygen atoms in total. The quantitative estimate of drug-likeness (QED) is 0.834. The number of nitrogens with zero attached hydrogens (tertiary/aromatic N) is 1. The molecule has 2 N–H and O–H groups in total. The minimum absolute atomic E-state index is 0.0864. The Morgan fingerprint density at radius 1 is 1.37 bits per heavy atom. The van der Waals surface area contributed by atoms with Crippen molar-refractivity contribution < 1.29 is 9.50 Å². The number of pyridine rings is 1. The summed E-state index contributed by atoms with van der Waals surface area (Å²) in [5.74, 6) is -0.555. The lowest BCUT2D eigenvalue weighted by Gasteiger charge is -2.17. The van der Waals surface area contributed by atoms with E-state index in [0.29, 0.717) is 16.4 Å². The monoisotopic (exact) mass is 280 g/mol. The van der Waals surface area contributed by atoms with Gasteiger partial charge in [0, 0.05) is 17.8 Å². The van der Waals surface area contributed by atoms with Crippen molar-refractivity contribution in [3.63, 3.8) is 0 Å². The van der Waals surface area contributed by atoms with Crippen molar-refractivity contribution in [3.05, 3.63) is 52.6 Å². The Balaban J connectivity index is 2.25. The first-order valence-corrected chi connectivity index (χ1v) is 6.22. The van der Waals surface area contributed by atoms with Crippen molar-refractivity contribution >= 4 is 17.3 Å². The van der Waals surface area contributed by atoms with Crippen LogP contribution in [0.4, 0.5) is 10.1 Å². The third-order valence-electron chi connectivity index (χ3n) is 2.81. The number of aromatic nitrogens is 1. The van der Waals surface area contributed by atoms with Crippen LogP contribution in [0.2, 0.25) is 5.15 Å². The molecular formula is C14H14ClFN2O. The first kappa shape index (κ1) is 13.6. The number of anilines is 1. The lowest BCUT2D eigenvalue weighted by molar-refractivity contribution is 0.459. The molecule has 0 aliphatic rings. The number of phenolic OH excluding ortho intramolecular Hbond substituents is 1. The number of hydrogen-bond acceptors (Lipinski definition) is 3. The number of aryl methyl sites for hydroxylation is 1. The van der Waals surface area contributed by atoms with Gasteiger partial charge in [-0.2, -0.15) is 0 Å². The zero-order valence-corrected chi connectivity index (χ0v) is 11.4. The van der Waals surface area contributed by atoms with Crippen molar-refractivity contribution in [1.82, 2.24) is 4.98 Å². The number of nitrogens with one attached hydrogen (secondary N) is 1. The molecule has 2 aromatic rings. The van der Waals surface area contributed by atoms with Gasteiger partial charge in [0.15, 0.2) is 5.15 Å². The Bertz CT molecular complexity index is 604. The molecule has 1 aromatic heterocycles. The van der Waals surface area contributed by atoms with Crippen molar-refractivity contribution in [2.75, 3.05) is 5.32 Å². The van der Waals surface area contributed by atoms with Gasteiger partial charge in [-0.1, -0.05) is 17.7 Å². The lowest BCUT2D eigenvalue weighted by Crippen LogP contribution is -2.08. The molecule has 0 amide bonds. The summed E-state index contributed by atoms with van der Waals surface area (Å²) >= 11 is 6.00. The Morgan fingerprint density at radius 3 is 2.79 bits per heavy atom. The molecule has 0 aliphatic heterocycles. The van der Waals surface area contributed by atoms with E-state index in [1.54, 1.807) is 12.3 Å². The van der Waals surface area contributed by atoms with Gasteiger partial charge in [-0.25, -0.2) is 9.37 Å². The van der Waals surface area contributed by atoms with Crippen molar-refractivity contribution in [1.29, 1.82) is 0 Å². The largest absolute Gasteiger partial charge is 0.507 e. The van der Waals surface area contributed by atoms with Gasteiger partial charge in [0.25, 0.3) is 0 Å². The van der Waals surface area contributed by atoms with Crippen LogP contribution in [0.15, 0.2) is 30.5 Å². The average Bonchev–Trinajstić information content (AvgIpc) is 2.33. The Labute approximate surface area is 116 Å². The molecule has 0 saturated heterocycles. The van der Waals surface area contributed by atoms with Crippen LogP contribution in [0, 0.1) is 12.7 Å². The molecule has 0 radical (unpaired) electrons. The minimum Gasteiger partial charge on any atom is -0.507 e. The zero-order chi connectivity index (χ0) is 14.0. The van der Waals surface area contributed by atoms with Gasteiger partial charge in [-0.05, 0) is 31.5 Å². The number of halogens is 2. The van der Waals surface area contributed by atoms with Crippen LogP contribution in [0.25, 0.3) is 0 Å². The Hall–Kier alpha value is -1.81. The summed E-state index contributed by atoms with van der Waals surface area (Å²) in [6.45, 7) is 3.76. The van der Waals surface area contributed by atoms with Crippen LogP contribution in [-0.2, 0) is 0 Å². The number of rotatable bonds is 3. The highest BCUT2D eigenvalue weighted by atomic mass is 35.5. The van der Waals surface area contributed by atoms with E-state index in [-0.39, 0.29) is 11.8 Å². The maximum absolute atomic E-state index is 12.9. The third kappa shape index (κ3) is 3.15. The molecule has 1 aromatic carbocycles. The summed E-state index contributed by atoms with van der Waals surface area (Å²) < 4.78 is 12.9. The van der Waals surface area contributed by atoms with Crippen molar-refractivity contribution in [2.24, 2.45) is 0 Å². The van der Waals surface area contributed by atoms with E-state index >= 15 is 0 Å². The molecule has 5 heteroatoms. The van der Waals surface area contributed by atoms with Gasteiger partial charge in [-0.15, -0.1) is 0 Å². The fourth-order valence-corrected chi connectivity index (χ4v) is 2.01. The number of aromatic hydroxyl groups is 1. The first-order chi connectivity index (χ1) is 8.97. The van der Waals surface area contributed by atoms with Crippen LogP contribution in [0.1, 0.15) is 24.1 Å². The summed E-state index contributed by atoms with van der Waals surface area (Å²) in [4.78, 5) is 4.04. The third-order valence-corrected chi connectivity index (χ3v) is 3.11. The lowest BCUT2D eigenvalue weighted by atomic mass is 10.1. The fourth-order valence-electron chi connectivity index (χ4n) is 1.85.